The van der Waals surface area contributed by atoms with Gasteiger partial charge in [-0.1, -0.05) is 6.92 Å². The van der Waals surface area contributed by atoms with E-state index in [1.807, 2.05) is 0 Å². The summed E-state index contributed by atoms with van der Waals surface area (Å²) in [4.78, 5) is 0. The highest BCUT2D eigenvalue weighted by Crippen LogP contribution is 2.08. The van der Waals surface area contributed by atoms with Crippen LogP contribution in [0.15, 0.2) is 0 Å². The predicted molar refractivity (Wildman–Crippen MR) is 37.5 cm³/mol. The molecule has 9 heavy (non-hydrogen) atoms. The normalized spacial score (nSPS) is 30.7. The minimum Gasteiger partial charge on any atom is -0.375 e. The van der Waals surface area contributed by atoms with Crippen molar-refractivity contribution in [3.63, 3.8) is 0 Å². The van der Waals surface area contributed by atoms with E-state index in [4.69, 9.17) is 16.5 Å². The van der Waals surface area contributed by atoms with Crippen molar-refractivity contribution >= 4 is 11.8 Å². The molecule has 2 nitrogen and oxygen atoms in total. The highest BCUT2D eigenvalue weighted by atomic mass is 35.5. The van der Waals surface area contributed by atoms with Crippen molar-refractivity contribution < 1.29 is 4.74 Å². The van der Waals surface area contributed by atoms with E-state index in [0.717, 1.165) is 26.1 Å². The molecule has 1 unspecified atom stereocenters. The molecule has 0 aliphatic carbocycles. The van der Waals surface area contributed by atoms with Crippen LogP contribution >= 0.6 is 11.8 Å². The molecule has 1 heterocycles. The molecule has 1 aliphatic rings. The van der Waals surface area contributed by atoms with Gasteiger partial charge in [-0.2, -0.15) is 0 Å². The van der Waals surface area contributed by atoms with Gasteiger partial charge in [0.2, 0.25) is 0 Å². The fourth-order valence-electron chi connectivity index (χ4n) is 0.930. The first-order valence-electron chi connectivity index (χ1n) is 3.35. The van der Waals surface area contributed by atoms with Crippen LogP contribution in [0.3, 0.4) is 0 Å². The SMILES string of the molecule is CCC1CN(Cl)CCO1. The van der Waals surface area contributed by atoms with Gasteiger partial charge < -0.3 is 4.74 Å². The number of nitrogens with zero attached hydrogens (tertiary/aromatic N) is 1. The van der Waals surface area contributed by atoms with Crippen LogP contribution < -0.4 is 0 Å². The lowest BCUT2D eigenvalue weighted by atomic mass is 10.2. The van der Waals surface area contributed by atoms with Crippen LogP contribution in [0.2, 0.25) is 0 Å². The smallest absolute Gasteiger partial charge is 0.0713 e. The van der Waals surface area contributed by atoms with Gasteiger partial charge in [-0.15, -0.1) is 0 Å². The molecular weight excluding hydrogens is 138 g/mol. The first-order chi connectivity index (χ1) is 4.33. The van der Waals surface area contributed by atoms with Crippen LogP contribution in [0.25, 0.3) is 0 Å². The second-order valence-electron chi connectivity index (χ2n) is 2.27. The highest BCUT2D eigenvalue weighted by Gasteiger charge is 2.16. The van der Waals surface area contributed by atoms with Crippen LogP contribution in [0.5, 0.6) is 0 Å². The summed E-state index contributed by atoms with van der Waals surface area (Å²) in [5.41, 5.74) is 0. The third-order valence-corrected chi connectivity index (χ3v) is 1.85. The first-order valence-corrected chi connectivity index (χ1v) is 3.69. The van der Waals surface area contributed by atoms with E-state index in [2.05, 4.69) is 6.92 Å². The summed E-state index contributed by atoms with van der Waals surface area (Å²) in [5.74, 6) is 0. The number of halogens is 1. The van der Waals surface area contributed by atoms with Crippen molar-refractivity contribution in [1.82, 2.24) is 4.42 Å². The number of morpholine rings is 1. The van der Waals surface area contributed by atoms with Gasteiger partial charge in [-0.3, -0.25) is 0 Å². The van der Waals surface area contributed by atoms with E-state index in [-0.39, 0.29) is 0 Å². The lowest BCUT2D eigenvalue weighted by molar-refractivity contribution is -0.00220. The topological polar surface area (TPSA) is 12.5 Å². The van der Waals surface area contributed by atoms with E-state index < -0.39 is 0 Å². The van der Waals surface area contributed by atoms with Crippen LogP contribution in [-0.2, 0) is 4.74 Å². The van der Waals surface area contributed by atoms with Crippen molar-refractivity contribution in [2.24, 2.45) is 0 Å². The van der Waals surface area contributed by atoms with Crippen molar-refractivity contribution in [2.45, 2.75) is 19.4 Å². The Hall–Kier alpha value is 0.210. The maximum absolute atomic E-state index is 5.74. The molecule has 0 aromatic heterocycles. The Morgan fingerprint density at radius 2 is 2.56 bits per heavy atom. The number of ether oxygens (including phenoxy) is 1. The van der Waals surface area contributed by atoms with Crippen LogP contribution in [-0.4, -0.2) is 30.2 Å². The van der Waals surface area contributed by atoms with Gasteiger partial charge in [-0.05, 0) is 18.2 Å². The molecule has 0 aromatic carbocycles. The molecule has 0 N–H and O–H groups in total. The Balaban J connectivity index is 2.23. The molecule has 0 aromatic rings. The lowest BCUT2D eigenvalue weighted by Crippen LogP contribution is -2.36. The number of hydrogen-bond acceptors (Lipinski definition) is 2. The Bertz CT molecular complexity index is 89.1. The molecule has 0 amide bonds. The zero-order valence-electron chi connectivity index (χ0n) is 5.64. The summed E-state index contributed by atoms with van der Waals surface area (Å²) in [5, 5.41) is 0. The number of hydrogen-bond donors (Lipinski definition) is 0. The molecule has 0 bridgehead atoms. The lowest BCUT2D eigenvalue weighted by Gasteiger charge is -2.26. The molecule has 0 saturated carbocycles. The summed E-state index contributed by atoms with van der Waals surface area (Å²) in [6.45, 7) is 4.62. The second-order valence-corrected chi connectivity index (χ2v) is 2.75. The third-order valence-electron chi connectivity index (χ3n) is 1.54. The average Bonchev–Trinajstić information content (AvgIpc) is 1.88. The largest absolute Gasteiger partial charge is 0.375 e. The second kappa shape index (κ2) is 3.40. The van der Waals surface area contributed by atoms with Gasteiger partial charge in [0, 0.05) is 13.1 Å². The Labute approximate surface area is 60.8 Å². The standard InChI is InChI=1S/C6H12ClNO/c1-2-6-5-8(7)3-4-9-6/h6H,2-5H2,1H3. The zero-order chi connectivity index (χ0) is 6.69. The van der Waals surface area contributed by atoms with E-state index in [1.54, 1.807) is 4.42 Å². The fraction of sp³-hybridized carbons (Fsp3) is 1.00. The highest BCUT2D eigenvalue weighted by molar-refractivity contribution is 6.13. The van der Waals surface area contributed by atoms with E-state index in [1.165, 1.54) is 0 Å². The third kappa shape index (κ3) is 2.12. The average molecular weight is 150 g/mol. The van der Waals surface area contributed by atoms with Crippen molar-refractivity contribution in [1.29, 1.82) is 0 Å². The van der Waals surface area contributed by atoms with Crippen molar-refractivity contribution in [2.75, 3.05) is 19.7 Å². The molecule has 1 fully saturated rings. The molecule has 0 radical (unpaired) electrons. The van der Waals surface area contributed by atoms with Gasteiger partial charge in [0.25, 0.3) is 0 Å². The summed E-state index contributed by atoms with van der Waals surface area (Å²) < 4.78 is 7.16. The zero-order valence-corrected chi connectivity index (χ0v) is 6.40. The predicted octanol–water partition coefficient (Wildman–Crippen LogP) is 1.25. The van der Waals surface area contributed by atoms with Crippen molar-refractivity contribution in [3.8, 4) is 0 Å². The van der Waals surface area contributed by atoms with Gasteiger partial charge >= 0.3 is 0 Å². The molecule has 3 heteroatoms. The number of rotatable bonds is 1. The quantitative estimate of drug-likeness (QED) is 0.521. The monoisotopic (exact) mass is 149 g/mol. The summed E-state index contributed by atoms with van der Waals surface area (Å²) in [6.07, 6.45) is 1.42. The van der Waals surface area contributed by atoms with Crippen molar-refractivity contribution in [3.05, 3.63) is 0 Å². The maximum Gasteiger partial charge on any atom is 0.0713 e. The van der Waals surface area contributed by atoms with Gasteiger partial charge in [0.05, 0.1) is 12.7 Å². The minimum absolute atomic E-state index is 0.358. The minimum atomic E-state index is 0.358. The molecule has 1 rings (SSSR count). The van der Waals surface area contributed by atoms with E-state index in [0.29, 0.717) is 6.10 Å². The summed E-state index contributed by atoms with van der Waals surface area (Å²) in [7, 11) is 0. The molecular formula is C6H12ClNO. The van der Waals surface area contributed by atoms with Gasteiger partial charge in [0.15, 0.2) is 0 Å². The van der Waals surface area contributed by atoms with Gasteiger partial charge in [0.1, 0.15) is 0 Å². The molecule has 54 valence electrons. The van der Waals surface area contributed by atoms with Crippen LogP contribution in [0.4, 0.5) is 0 Å². The molecule has 1 saturated heterocycles. The Morgan fingerprint density at radius 3 is 3.00 bits per heavy atom. The Morgan fingerprint density at radius 1 is 1.78 bits per heavy atom. The van der Waals surface area contributed by atoms with Crippen LogP contribution in [0, 0.1) is 0 Å². The van der Waals surface area contributed by atoms with E-state index >= 15 is 0 Å². The molecule has 1 aliphatic heterocycles. The Kier molecular flexibility index (Phi) is 2.76. The first kappa shape index (κ1) is 7.32. The maximum atomic E-state index is 5.74. The summed E-state index contributed by atoms with van der Waals surface area (Å²) in [6, 6.07) is 0. The van der Waals surface area contributed by atoms with Gasteiger partial charge in [-0.25, -0.2) is 4.42 Å². The molecule has 0 spiro atoms. The van der Waals surface area contributed by atoms with Crippen LogP contribution in [0.1, 0.15) is 13.3 Å². The summed E-state index contributed by atoms with van der Waals surface area (Å²) >= 11 is 5.74. The molecule has 1 atom stereocenters. The van der Waals surface area contributed by atoms with E-state index in [9.17, 15) is 0 Å². The fourth-order valence-corrected chi connectivity index (χ4v) is 1.15.